The molecule has 2 amide bonds. The number of carbonyl (C=O) groups is 2. The third-order valence-electron chi connectivity index (χ3n) is 3.59. The van der Waals surface area contributed by atoms with E-state index in [-0.39, 0.29) is 0 Å². The molecule has 0 aliphatic heterocycles. The monoisotopic (exact) mass is 334 g/mol. The highest BCUT2D eigenvalue weighted by molar-refractivity contribution is 6.39. The number of nitrogens with zero attached hydrogens (tertiary/aromatic N) is 2. The van der Waals surface area contributed by atoms with E-state index in [9.17, 15) is 9.59 Å². The summed E-state index contributed by atoms with van der Waals surface area (Å²) in [5, 5.41) is 9.37. The number of aromatic nitrogens is 2. The fourth-order valence-electron chi connectivity index (χ4n) is 2.37. The van der Waals surface area contributed by atoms with Crippen LogP contribution in [0.4, 0.5) is 5.69 Å². The Bertz CT molecular complexity index is 845. The summed E-state index contributed by atoms with van der Waals surface area (Å²) in [6.07, 6.45) is 3.57. The van der Waals surface area contributed by atoms with Crippen LogP contribution in [0, 0.1) is 0 Å². The van der Waals surface area contributed by atoms with Crippen molar-refractivity contribution in [1.29, 1.82) is 0 Å². The smallest absolute Gasteiger partial charge is 0.313 e. The summed E-state index contributed by atoms with van der Waals surface area (Å²) in [6.45, 7) is 0.906. The average molecular weight is 334 g/mol. The molecule has 1 heterocycles. The number of anilines is 1. The van der Waals surface area contributed by atoms with E-state index in [1.807, 2.05) is 60.8 Å². The Morgan fingerprint density at radius 2 is 1.72 bits per heavy atom. The second-order valence-electron chi connectivity index (χ2n) is 5.53. The molecule has 0 saturated carbocycles. The Kier molecular flexibility index (Phi) is 5.21. The lowest BCUT2D eigenvalue weighted by molar-refractivity contribution is -0.136. The van der Waals surface area contributed by atoms with Gasteiger partial charge in [-0.1, -0.05) is 42.5 Å². The van der Waals surface area contributed by atoms with E-state index >= 15 is 0 Å². The average Bonchev–Trinajstić information content (AvgIpc) is 3.14. The van der Waals surface area contributed by atoms with Crippen LogP contribution >= 0.6 is 0 Å². The van der Waals surface area contributed by atoms with Gasteiger partial charge in [-0.3, -0.25) is 14.3 Å². The van der Waals surface area contributed by atoms with Crippen LogP contribution in [0.25, 0.3) is 0 Å². The molecule has 0 aliphatic carbocycles. The second kappa shape index (κ2) is 7.92. The molecule has 3 rings (SSSR count). The van der Waals surface area contributed by atoms with Crippen LogP contribution in [-0.4, -0.2) is 21.6 Å². The zero-order chi connectivity index (χ0) is 17.5. The Balaban J connectivity index is 1.56. The van der Waals surface area contributed by atoms with E-state index in [0.717, 1.165) is 11.1 Å². The van der Waals surface area contributed by atoms with Gasteiger partial charge in [0.15, 0.2) is 0 Å². The van der Waals surface area contributed by atoms with Crippen LogP contribution in [0.2, 0.25) is 0 Å². The predicted octanol–water partition coefficient (Wildman–Crippen LogP) is 2.19. The molecule has 0 radical (unpaired) electrons. The summed E-state index contributed by atoms with van der Waals surface area (Å²) >= 11 is 0. The highest BCUT2D eigenvalue weighted by Gasteiger charge is 2.13. The van der Waals surface area contributed by atoms with Crippen LogP contribution < -0.4 is 10.6 Å². The molecule has 2 aromatic carbocycles. The van der Waals surface area contributed by atoms with Gasteiger partial charge in [-0.2, -0.15) is 5.10 Å². The Morgan fingerprint density at radius 3 is 2.48 bits per heavy atom. The minimum absolute atomic E-state index is 0.312. The maximum absolute atomic E-state index is 12.0. The third-order valence-corrected chi connectivity index (χ3v) is 3.59. The number of carbonyl (C=O) groups excluding carboxylic acids is 2. The molecule has 1 aromatic heterocycles. The van der Waals surface area contributed by atoms with E-state index < -0.39 is 11.8 Å². The lowest BCUT2D eigenvalue weighted by Crippen LogP contribution is -2.34. The highest BCUT2D eigenvalue weighted by atomic mass is 16.2. The zero-order valence-corrected chi connectivity index (χ0v) is 13.6. The van der Waals surface area contributed by atoms with Gasteiger partial charge in [0.1, 0.15) is 0 Å². The van der Waals surface area contributed by atoms with Gasteiger partial charge < -0.3 is 10.6 Å². The van der Waals surface area contributed by atoms with Crippen molar-refractivity contribution in [2.75, 3.05) is 5.32 Å². The van der Waals surface area contributed by atoms with Gasteiger partial charge in [0.25, 0.3) is 0 Å². The van der Waals surface area contributed by atoms with Crippen LogP contribution in [0.3, 0.4) is 0 Å². The molecule has 0 unspecified atom stereocenters. The quantitative estimate of drug-likeness (QED) is 0.702. The first kappa shape index (κ1) is 16.4. The Labute approximate surface area is 145 Å². The molecule has 3 aromatic rings. The fourth-order valence-corrected chi connectivity index (χ4v) is 2.37. The van der Waals surface area contributed by atoms with Crippen molar-refractivity contribution in [1.82, 2.24) is 15.1 Å². The summed E-state index contributed by atoms with van der Waals surface area (Å²) < 4.78 is 1.79. The van der Waals surface area contributed by atoms with Crippen LogP contribution in [0.15, 0.2) is 73.1 Å². The summed E-state index contributed by atoms with van der Waals surface area (Å²) in [5.74, 6) is -1.35. The number of nitrogens with one attached hydrogen (secondary N) is 2. The van der Waals surface area contributed by atoms with Gasteiger partial charge in [0.2, 0.25) is 0 Å². The third kappa shape index (κ3) is 4.78. The molecule has 0 saturated heterocycles. The number of hydrogen-bond acceptors (Lipinski definition) is 3. The maximum Gasteiger partial charge on any atom is 0.313 e. The summed E-state index contributed by atoms with van der Waals surface area (Å²) in [5.41, 5.74) is 2.49. The summed E-state index contributed by atoms with van der Waals surface area (Å²) in [7, 11) is 0. The van der Waals surface area contributed by atoms with Gasteiger partial charge in [-0.15, -0.1) is 0 Å². The lowest BCUT2D eigenvalue weighted by Gasteiger charge is -2.08. The van der Waals surface area contributed by atoms with Crippen molar-refractivity contribution in [3.05, 3.63) is 84.2 Å². The molecule has 25 heavy (non-hydrogen) atoms. The van der Waals surface area contributed by atoms with Crippen molar-refractivity contribution in [2.45, 2.75) is 13.1 Å². The van der Waals surface area contributed by atoms with Crippen LogP contribution in [0.5, 0.6) is 0 Å². The molecule has 0 fully saturated rings. The molecule has 0 bridgehead atoms. The van der Waals surface area contributed by atoms with Gasteiger partial charge in [-0.05, 0) is 29.3 Å². The molecule has 6 nitrogen and oxygen atoms in total. The maximum atomic E-state index is 12.0. The molecular weight excluding hydrogens is 316 g/mol. The minimum Gasteiger partial charge on any atom is -0.344 e. The van der Waals surface area contributed by atoms with E-state index in [2.05, 4.69) is 15.7 Å². The standard InChI is InChI=1S/C19H18N4O2/c24-18(20-13-15-6-2-1-3-7-15)19(25)22-17-9-4-8-16(12-17)14-23-11-5-10-21-23/h1-12H,13-14H2,(H,20,24)(H,22,25). The predicted molar refractivity (Wildman–Crippen MR) is 94.7 cm³/mol. The SMILES string of the molecule is O=C(NCc1ccccc1)C(=O)Nc1cccc(Cn2cccn2)c1. The van der Waals surface area contributed by atoms with Crippen molar-refractivity contribution in [2.24, 2.45) is 0 Å². The molecule has 126 valence electrons. The zero-order valence-electron chi connectivity index (χ0n) is 13.6. The topological polar surface area (TPSA) is 76.0 Å². The second-order valence-corrected chi connectivity index (χ2v) is 5.53. The Morgan fingerprint density at radius 1 is 0.920 bits per heavy atom. The molecule has 0 atom stereocenters. The molecule has 6 heteroatoms. The van der Waals surface area contributed by atoms with Crippen molar-refractivity contribution in [3.8, 4) is 0 Å². The number of amides is 2. The first-order valence-electron chi connectivity index (χ1n) is 7.90. The summed E-state index contributed by atoms with van der Waals surface area (Å²) in [6, 6.07) is 18.6. The lowest BCUT2D eigenvalue weighted by atomic mass is 10.2. The first-order valence-corrected chi connectivity index (χ1v) is 7.90. The number of benzene rings is 2. The first-order chi connectivity index (χ1) is 12.2. The Hall–Kier alpha value is -3.41. The van der Waals surface area contributed by atoms with Crippen molar-refractivity contribution < 1.29 is 9.59 Å². The fraction of sp³-hybridized carbons (Fsp3) is 0.105. The van der Waals surface area contributed by atoms with Crippen LogP contribution in [0.1, 0.15) is 11.1 Å². The van der Waals surface area contributed by atoms with E-state index in [0.29, 0.717) is 18.8 Å². The number of hydrogen-bond donors (Lipinski definition) is 2. The van der Waals surface area contributed by atoms with Crippen molar-refractivity contribution in [3.63, 3.8) is 0 Å². The highest BCUT2D eigenvalue weighted by Crippen LogP contribution is 2.11. The van der Waals surface area contributed by atoms with Gasteiger partial charge in [0, 0.05) is 24.6 Å². The molecular formula is C19H18N4O2. The van der Waals surface area contributed by atoms with Gasteiger partial charge in [-0.25, -0.2) is 0 Å². The van der Waals surface area contributed by atoms with E-state index in [1.165, 1.54) is 0 Å². The normalized spacial score (nSPS) is 10.2. The van der Waals surface area contributed by atoms with Crippen molar-refractivity contribution >= 4 is 17.5 Å². The van der Waals surface area contributed by atoms with E-state index in [4.69, 9.17) is 0 Å². The van der Waals surface area contributed by atoms with Crippen LogP contribution in [-0.2, 0) is 22.7 Å². The number of rotatable bonds is 5. The molecule has 0 spiro atoms. The largest absolute Gasteiger partial charge is 0.344 e. The van der Waals surface area contributed by atoms with Gasteiger partial charge in [0.05, 0.1) is 6.54 Å². The molecule has 2 N–H and O–H groups in total. The minimum atomic E-state index is -0.688. The van der Waals surface area contributed by atoms with E-state index in [1.54, 1.807) is 16.9 Å². The summed E-state index contributed by atoms with van der Waals surface area (Å²) in [4.78, 5) is 23.9. The molecule has 0 aliphatic rings. The van der Waals surface area contributed by atoms with Gasteiger partial charge >= 0.3 is 11.8 Å².